The first kappa shape index (κ1) is 18.4. The van der Waals surface area contributed by atoms with Gasteiger partial charge in [0.15, 0.2) is 0 Å². The molecule has 0 bridgehead atoms. The van der Waals surface area contributed by atoms with Crippen molar-refractivity contribution in [1.82, 2.24) is 9.71 Å². The fraction of sp³-hybridized carbons (Fsp3) is 0.250. The van der Waals surface area contributed by atoms with E-state index in [4.69, 9.17) is 0 Å². The van der Waals surface area contributed by atoms with Gasteiger partial charge in [-0.2, -0.15) is 0 Å². The van der Waals surface area contributed by atoms with Crippen molar-refractivity contribution in [2.45, 2.75) is 38.1 Å². The Hall–Kier alpha value is -2.44. The van der Waals surface area contributed by atoms with Gasteiger partial charge in [-0.15, -0.1) is 0 Å². The van der Waals surface area contributed by atoms with Gasteiger partial charge in [0.05, 0.1) is 4.90 Å². The number of pyridine rings is 1. The largest absolute Gasteiger partial charge is 0.322 e. The van der Waals surface area contributed by atoms with Gasteiger partial charge in [-0.25, -0.2) is 13.1 Å². The number of aryl methyl sites for hydroxylation is 1. The van der Waals surface area contributed by atoms with Crippen LogP contribution in [0.3, 0.4) is 0 Å². The van der Waals surface area contributed by atoms with Crippen LogP contribution in [0.25, 0.3) is 10.9 Å². The summed E-state index contributed by atoms with van der Waals surface area (Å²) in [6.07, 6.45) is 0. The molecule has 0 atom stereocenters. The van der Waals surface area contributed by atoms with E-state index in [9.17, 15) is 13.2 Å². The zero-order valence-electron chi connectivity index (χ0n) is 15.0. The van der Waals surface area contributed by atoms with Crippen LogP contribution in [-0.4, -0.2) is 13.4 Å². The second kappa shape index (κ2) is 7.05. The zero-order valence-corrected chi connectivity index (χ0v) is 15.9. The molecule has 0 amide bonds. The predicted molar refractivity (Wildman–Crippen MR) is 104 cm³/mol. The SMILES string of the molecule is Cc1ccccc1S(=O)(=O)NCc1cc2cc(C(C)C)ccc2[nH]c1=O. The average molecular weight is 370 g/mol. The molecule has 0 fully saturated rings. The van der Waals surface area contributed by atoms with Crippen LogP contribution < -0.4 is 10.3 Å². The number of H-pyrrole nitrogens is 1. The minimum atomic E-state index is -3.68. The smallest absolute Gasteiger partial charge is 0.252 e. The lowest BCUT2D eigenvalue weighted by atomic mass is 10.0. The van der Waals surface area contributed by atoms with Gasteiger partial charge in [0.1, 0.15) is 0 Å². The molecule has 136 valence electrons. The number of fused-ring (bicyclic) bond motifs is 1. The third-order valence-electron chi connectivity index (χ3n) is 4.45. The molecular weight excluding hydrogens is 348 g/mol. The summed E-state index contributed by atoms with van der Waals surface area (Å²) in [5, 5.41) is 0.890. The van der Waals surface area contributed by atoms with Crippen molar-refractivity contribution < 1.29 is 8.42 Å². The van der Waals surface area contributed by atoms with Crippen molar-refractivity contribution in [3.63, 3.8) is 0 Å². The van der Waals surface area contributed by atoms with Crippen molar-refractivity contribution in [1.29, 1.82) is 0 Å². The Morgan fingerprint density at radius 3 is 2.50 bits per heavy atom. The van der Waals surface area contributed by atoms with Crippen LogP contribution >= 0.6 is 0 Å². The molecule has 0 aliphatic carbocycles. The summed E-state index contributed by atoms with van der Waals surface area (Å²) in [6.45, 7) is 5.88. The molecule has 0 aliphatic rings. The second-order valence-electron chi connectivity index (χ2n) is 6.72. The molecule has 2 aromatic carbocycles. The molecule has 5 nitrogen and oxygen atoms in total. The van der Waals surface area contributed by atoms with E-state index in [1.165, 1.54) is 0 Å². The second-order valence-corrected chi connectivity index (χ2v) is 8.45. The lowest BCUT2D eigenvalue weighted by molar-refractivity contribution is 0.580. The minimum absolute atomic E-state index is 0.0617. The highest BCUT2D eigenvalue weighted by atomic mass is 32.2. The van der Waals surface area contributed by atoms with Crippen molar-refractivity contribution in [2.75, 3.05) is 0 Å². The number of nitrogens with one attached hydrogen (secondary N) is 2. The van der Waals surface area contributed by atoms with Gasteiger partial charge >= 0.3 is 0 Å². The van der Waals surface area contributed by atoms with Gasteiger partial charge in [-0.1, -0.05) is 38.1 Å². The normalized spacial score (nSPS) is 12.0. The molecule has 0 aliphatic heterocycles. The third kappa shape index (κ3) is 3.71. The molecule has 0 saturated heterocycles. The fourth-order valence-corrected chi connectivity index (χ4v) is 4.12. The number of hydrogen-bond acceptors (Lipinski definition) is 3. The fourth-order valence-electron chi connectivity index (χ4n) is 2.87. The van der Waals surface area contributed by atoms with E-state index in [0.29, 0.717) is 17.0 Å². The number of aromatic amines is 1. The highest BCUT2D eigenvalue weighted by Gasteiger charge is 2.16. The van der Waals surface area contributed by atoms with E-state index in [-0.39, 0.29) is 17.0 Å². The molecule has 3 rings (SSSR count). The van der Waals surface area contributed by atoms with Gasteiger partial charge in [0.25, 0.3) is 5.56 Å². The van der Waals surface area contributed by atoms with Crippen molar-refractivity contribution in [2.24, 2.45) is 0 Å². The van der Waals surface area contributed by atoms with Crippen LogP contribution in [0.1, 0.15) is 36.5 Å². The Kier molecular flexibility index (Phi) is 4.98. The molecule has 26 heavy (non-hydrogen) atoms. The first-order chi connectivity index (χ1) is 12.3. The maximum absolute atomic E-state index is 12.5. The van der Waals surface area contributed by atoms with Gasteiger partial charge < -0.3 is 4.98 Å². The summed E-state index contributed by atoms with van der Waals surface area (Å²) in [5.41, 5.74) is 2.66. The van der Waals surface area contributed by atoms with E-state index >= 15 is 0 Å². The summed E-state index contributed by atoms with van der Waals surface area (Å²) in [4.78, 5) is 15.3. The van der Waals surface area contributed by atoms with Gasteiger partial charge in [-0.3, -0.25) is 4.79 Å². The summed E-state index contributed by atoms with van der Waals surface area (Å²) in [7, 11) is -3.68. The standard InChI is InChI=1S/C20H22N2O3S/c1-13(2)15-8-9-18-16(10-15)11-17(20(23)22-18)12-21-26(24,25)19-7-5-4-6-14(19)3/h4-11,13,21H,12H2,1-3H3,(H,22,23). The first-order valence-corrected chi connectivity index (χ1v) is 9.97. The Morgan fingerprint density at radius 2 is 1.81 bits per heavy atom. The van der Waals surface area contributed by atoms with E-state index in [1.54, 1.807) is 37.3 Å². The van der Waals surface area contributed by atoms with Crippen LogP contribution in [0, 0.1) is 6.92 Å². The Bertz CT molecular complexity index is 1120. The lowest BCUT2D eigenvalue weighted by Crippen LogP contribution is -2.27. The average Bonchev–Trinajstić information content (AvgIpc) is 2.59. The van der Waals surface area contributed by atoms with Crippen molar-refractivity contribution in [3.05, 3.63) is 75.6 Å². The Morgan fingerprint density at radius 1 is 1.08 bits per heavy atom. The van der Waals surface area contributed by atoms with Crippen LogP contribution in [0.2, 0.25) is 0 Å². The summed E-state index contributed by atoms with van der Waals surface area (Å²) in [6, 6.07) is 14.4. The van der Waals surface area contributed by atoms with Crippen LogP contribution in [0.4, 0.5) is 0 Å². The molecule has 1 aromatic heterocycles. The summed E-state index contributed by atoms with van der Waals surface area (Å²) < 4.78 is 27.6. The lowest BCUT2D eigenvalue weighted by Gasteiger charge is -2.10. The monoisotopic (exact) mass is 370 g/mol. The molecular formula is C20H22N2O3S. The summed E-state index contributed by atoms with van der Waals surface area (Å²) in [5.74, 6) is 0.370. The van der Waals surface area contributed by atoms with Crippen LogP contribution in [-0.2, 0) is 16.6 Å². The van der Waals surface area contributed by atoms with E-state index in [0.717, 1.165) is 16.5 Å². The molecule has 6 heteroatoms. The van der Waals surface area contributed by atoms with Gasteiger partial charge in [0.2, 0.25) is 10.0 Å². The Labute approximate surface area is 153 Å². The number of aromatic nitrogens is 1. The van der Waals surface area contributed by atoms with Gasteiger partial charge in [0, 0.05) is 17.6 Å². The molecule has 0 saturated carbocycles. The molecule has 3 aromatic rings. The number of benzene rings is 2. The quantitative estimate of drug-likeness (QED) is 0.722. The van der Waals surface area contributed by atoms with Gasteiger partial charge in [-0.05, 0) is 53.6 Å². The topological polar surface area (TPSA) is 79.0 Å². The minimum Gasteiger partial charge on any atom is -0.322 e. The predicted octanol–water partition coefficient (Wildman–Crippen LogP) is 3.44. The maximum atomic E-state index is 12.5. The molecule has 2 N–H and O–H groups in total. The third-order valence-corrected chi connectivity index (χ3v) is 6.01. The van der Waals surface area contributed by atoms with Crippen LogP contribution in [0.15, 0.2) is 58.2 Å². The van der Waals surface area contributed by atoms with E-state index < -0.39 is 10.0 Å². The molecule has 0 spiro atoms. The first-order valence-electron chi connectivity index (χ1n) is 8.49. The van der Waals surface area contributed by atoms with Crippen LogP contribution in [0.5, 0.6) is 0 Å². The molecule has 0 unspecified atom stereocenters. The molecule has 1 heterocycles. The van der Waals surface area contributed by atoms with Crippen molar-refractivity contribution >= 4 is 20.9 Å². The van der Waals surface area contributed by atoms with Crippen molar-refractivity contribution in [3.8, 4) is 0 Å². The van der Waals surface area contributed by atoms with E-state index in [1.807, 2.05) is 18.2 Å². The number of rotatable bonds is 5. The molecule has 0 radical (unpaired) electrons. The Balaban J connectivity index is 1.92. The maximum Gasteiger partial charge on any atom is 0.252 e. The number of hydrogen-bond donors (Lipinski definition) is 2. The highest BCUT2D eigenvalue weighted by Crippen LogP contribution is 2.20. The van der Waals surface area contributed by atoms with E-state index in [2.05, 4.69) is 23.6 Å². The summed E-state index contributed by atoms with van der Waals surface area (Å²) >= 11 is 0. The highest BCUT2D eigenvalue weighted by molar-refractivity contribution is 7.89. The number of sulfonamides is 1. The zero-order chi connectivity index (χ0) is 18.9.